The molecule has 0 spiro atoms. The van der Waals surface area contributed by atoms with Gasteiger partial charge in [0.05, 0.1) is 22.8 Å². The van der Waals surface area contributed by atoms with E-state index in [1.165, 1.54) is 0 Å². The molecule has 0 aliphatic carbocycles. The molecule has 0 radical (unpaired) electrons. The molecule has 0 aromatic heterocycles. The zero-order valence-corrected chi connectivity index (χ0v) is 10.8. The van der Waals surface area contributed by atoms with Crippen LogP contribution in [0.5, 0.6) is 5.75 Å². The molecular weight excluding hydrogens is 222 g/mol. The van der Waals surface area contributed by atoms with E-state index in [9.17, 15) is 4.21 Å². The third-order valence-electron chi connectivity index (χ3n) is 2.27. The Bertz CT molecular complexity index is 355. The number of para-hydroxylation sites is 1. The van der Waals surface area contributed by atoms with Crippen LogP contribution in [0.15, 0.2) is 29.2 Å². The van der Waals surface area contributed by atoms with Gasteiger partial charge in [-0.15, -0.1) is 0 Å². The van der Waals surface area contributed by atoms with Gasteiger partial charge in [0.25, 0.3) is 0 Å². The molecule has 1 aromatic carbocycles. The molecule has 2 atom stereocenters. The van der Waals surface area contributed by atoms with Crippen LogP contribution in [0, 0.1) is 0 Å². The molecular formula is C12H19NO2S. The molecule has 0 fully saturated rings. The first kappa shape index (κ1) is 13.2. The molecule has 16 heavy (non-hydrogen) atoms. The third kappa shape index (κ3) is 3.61. The van der Waals surface area contributed by atoms with E-state index < -0.39 is 10.8 Å². The Kier molecular flexibility index (Phi) is 5.49. The zero-order valence-electron chi connectivity index (χ0n) is 10.0. The predicted molar refractivity (Wildman–Crippen MR) is 67.4 cm³/mol. The molecule has 0 aliphatic rings. The first-order valence-electron chi connectivity index (χ1n) is 5.43. The largest absolute Gasteiger partial charge is 0.495 e. The predicted octanol–water partition coefficient (Wildman–Crippen LogP) is 1.80. The van der Waals surface area contributed by atoms with Crippen molar-refractivity contribution < 1.29 is 8.95 Å². The van der Waals surface area contributed by atoms with E-state index in [-0.39, 0.29) is 6.04 Å². The second kappa shape index (κ2) is 6.66. The molecule has 1 aromatic rings. The molecule has 0 saturated carbocycles. The monoisotopic (exact) mass is 241 g/mol. The lowest BCUT2D eigenvalue weighted by atomic mass is 10.3. The lowest BCUT2D eigenvalue weighted by molar-refractivity contribution is 0.404. The number of nitrogens with one attached hydrogen (secondary N) is 1. The molecule has 0 saturated heterocycles. The minimum absolute atomic E-state index is 0.246. The molecule has 0 heterocycles. The van der Waals surface area contributed by atoms with E-state index in [1.54, 1.807) is 7.11 Å². The summed E-state index contributed by atoms with van der Waals surface area (Å²) in [7, 11) is 0.587. The van der Waals surface area contributed by atoms with Crippen LogP contribution in [0.4, 0.5) is 0 Å². The van der Waals surface area contributed by atoms with Crippen molar-refractivity contribution in [2.75, 3.05) is 19.4 Å². The Morgan fingerprint density at radius 1 is 1.44 bits per heavy atom. The number of hydrogen-bond acceptors (Lipinski definition) is 3. The van der Waals surface area contributed by atoms with Crippen LogP contribution in [0.25, 0.3) is 0 Å². The quantitative estimate of drug-likeness (QED) is 0.825. The molecule has 3 nitrogen and oxygen atoms in total. The van der Waals surface area contributed by atoms with Crippen molar-refractivity contribution in [2.45, 2.75) is 24.8 Å². The van der Waals surface area contributed by atoms with Crippen molar-refractivity contribution in [1.29, 1.82) is 0 Å². The average Bonchev–Trinajstić information content (AvgIpc) is 2.29. The van der Waals surface area contributed by atoms with Crippen LogP contribution < -0.4 is 10.1 Å². The lowest BCUT2D eigenvalue weighted by Gasteiger charge is -2.13. The topological polar surface area (TPSA) is 38.3 Å². The van der Waals surface area contributed by atoms with Crippen LogP contribution in [0.3, 0.4) is 0 Å². The number of hydrogen-bond donors (Lipinski definition) is 1. The molecule has 4 heteroatoms. The lowest BCUT2D eigenvalue weighted by Crippen LogP contribution is -2.30. The summed E-state index contributed by atoms with van der Waals surface area (Å²) >= 11 is 0. The fraction of sp³-hybridized carbons (Fsp3) is 0.500. The fourth-order valence-corrected chi connectivity index (χ4v) is 2.89. The van der Waals surface area contributed by atoms with E-state index in [2.05, 4.69) is 5.32 Å². The van der Waals surface area contributed by atoms with Gasteiger partial charge in [-0.3, -0.25) is 4.21 Å². The summed E-state index contributed by atoms with van der Waals surface area (Å²) < 4.78 is 17.3. The molecule has 90 valence electrons. The van der Waals surface area contributed by atoms with Crippen LogP contribution in [0.2, 0.25) is 0 Å². The first-order valence-corrected chi connectivity index (χ1v) is 6.75. The van der Waals surface area contributed by atoms with Gasteiger partial charge >= 0.3 is 0 Å². The second-order valence-electron chi connectivity index (χ2n) is 3.62. The van der Waals surface area contributed by atoms with E-state index >= 15 is 0 Å². The summed E-state index contributed by atoms with van der Waals surface area (Å²) in [5, 5.41) is 3.25. The van der Waals surface area contributed by atoms with Crippen molar-refractivity contribution >= 4 is 10.8 Å². The Hall–Kier alpha value is -0.870. The van der Waals surface area contributed by atoms with Gasteiger partial charge in [0.1, 0.15) is 5.75 Å². The maximum Gasteiger partial charge on any atom is 0.134 e. The number of ether oxygens (including phenoxy) is 1. The smallest absolute Gasteiger partial charge is 0.134 e. The van der Waals surface area contributed by atoms with E-state index in [0.717, 1.165) is 11.4 Å². The third-order valence-corrected chi connectivity index (χ3v) is 3.90. The van der Waals surface area contributed by atoms with E-state index in [0.29, 0.717) is 11.5 Å². The van der Waals surface area contributed by atoms with E-state index in [1.807, 2.05) is 38.1 Å². The van der Waals surface area contributed by atoms with Gasteiger partial charge in [0, 0.05) is 11.8 Å². The van der Waals surface area contributed by atoms with Gasteiger partial charge < -0.3 is 10.1 Å². The van der Waals surface area contributed by atoms with Crippen molar-refractivity contribution in [3.63, 3.8) is 0 Å². The van der Waals surface area contributed by atoms with Crippen molar-refractivity contribution in [2.24, 2.45) is 0 Å². The molecule has 1 rings (SSSR count). The molecule has 0 aliphatic heterocycles. The Morgan fingerprint density at radius 2 is 2.12 bits per heavy atom. The van der Waals surface area contributed by atoms with E-state index in [4.69, 9.17) is 4.74 Å². The number of rotatable bonds is 6. The summed E-state index contributed by atoms with van der Waals surface area (Å²) in [6.45, 7) is 4.98. The van der Waals surface area contributed by atoms with Crippen LogP contribution in [-0.4, -0.2) is 29.7 Å². The second-order valence-corrected chi connectivity index (χ2v) is 5.09. The summed E-state index contributed by atoms with van der Waals surface area (Å²) in [6, 6.07) is 7.70. The molecule has 1 N–H and O–H groups in total. The maximum atomic E-state index is 12.1. The van der Waals surface area contributed by atoms with Gasteiger partial charge in [-0.2, -0.15) is 0 Å². The minimum Gasteiger partial charge on any atom is -0.495 e. The van der Waals surface area contributed by atoms with Crippen molar-refractivity contribution in [3.05, 3.63) is 24.3 Å². The normalized spacial score (nSPS) is 14.4. The molecule has 0 amide bonds. The zero-order chi connectivity index (χ0) is 12.0. The number of methoxy groups -OCH3 is 1. The summed E-state index contributed by atoms with van der Waals surface area (Å²) in [6.07, 6.45) is 0. The average molecular weight is 241 g/mol. The van der Waals surface area contributed by atoms with Crippen molar-refractivity contribution in [3.8, 4) is 5.75 Å². The highest BCUT2D eigenvalue weighted by molar-refractivity contribution is 7.85. The Morgan fingerprint density at radius 3 is 2.75 bits per heavy atom. The van der Waals surface area contributed by atoms with Crippen LogP contribution >= 0.6 is 0 Å². The van der Waals surface area contributed by atoms with Gasteiger partial charge in [0.15, 0.2) is 0 Å². The highest BCUT2D eigenvalue weighted by Gasteiger charge is 2.12. The molecule has 0 bridgehead atoms. The van der Waals surface area contributed by atoms with Gasteiger partial charge in [0.2, 0.25) is 0 Å². The van der Waals surface area contributed by atoms with Crippen LogP contribution in [0.1, 0.15) is 13.8 Å². The number of benzene rings is 1. The summed E-state index contributed by atoms with van der Waals surface area (Å²) in [4.78, 5) is 0.773. The first-order chi connectivity index (χ1) is 7.69. The summed E-state index contributed by atoms with van der Waals surface area (Å²) in [5.74, 6) is 1.30. The standard InChI is InChI=1S/C12H19NO2S/c1-4-13-10(2)9-16(14)12-8-6-5-7-11(12)15-3/h5-8,10,13H,4,9H2,1-3H3. The SMILES string of the molecule is CCNC(C)CS(=O)c1ccccc1OC. The fourth-order valence-electron chi connectivity index (χ4n) is 1.53. The maximum absolute atomic E-state index is 12.1. The highest BCUT2D eigenvalue weighted by Crippen LogP contribution is 2.21. The minimum atomic E-state index is -1.01. The van der Waals surface area contributed by atoms with Gasteiger partial charge in [-0.25, -0.2) is 0 Å². The van der Waals surface area contributed by atoms with Gasteiger partial charge in [-0.05, 0) is 25.6 Å². The Labute approximate surface area is 99.7 Å². The highest BCUT2D eigenvalue weighted by atomic mass is 32.2. The molecule has 2 unspecified atom stereocenters. The Balaban J connectivity index is 2.72. The van der Waals surface area contributed by atoms with Crippen LogP contribution in [-0.2, 0) is 10.8 Å². The van der Waals surface area contributed by atoms with Gasteiger partial charge in [-0.1, -0.05) is 19.1 Å². The summed E-state index contributed by atoms with van der Waals surface area (Å²) in [5.41, 5.74) is 0. The van der Waals surface area contributed by atoms with Crippen molar-refractivity contribution in [1.82, 2.24) is 5.32 Å².